The first kappa shape index (κ1) is 13.8. The molecule has 4 aromatic rings. The molecule has 4 rings (SSSR count). The second kappa shape index (κ2) is 5.09. The summed E-state index contributed by atoms with van der Waals surface area (Å²) in [5, 5.41) is 2.24. The van der Waals surface area contributed by atoms with Gasteiger partial charge in [-0.2, -0.15) is 0 Å². The highest BCUT2D eigenvalue weighted by Crippen LogP contribution is 2.38. The summed E-state index contributed by atoms with van der Waals surface area (Å²) in [4.78, 5) is 3.48. The number of fused-ring (bicyclic) bond motifs is 2. The molecule has 0 saturated heterocycles. The predicted octanol–water partition coefficient (Wildman–Crippen LogP) is 4.40. The van der Waals surface area contributed by atoms with E-state index in [2.05, 4.69) is 34.7 Å². The maximum absolute atomic E-state index is 6.48. The van der Waals surface area contributed by atoms with Crippen LogP contribution in [0.25, 0.3) is 33.2 Å². The molecule has 0 amide bonds. The molecule has 2 aromatic heterocycles. The molecule has 4 nitrogen and oxygen atoms in total. The molecule has 0 bridgehead atoms. The molecular weight excluding hydrogens is 286 g/mol. The van der Waals surface area contributed by atoms with E-state index in [-0.39, 0.29) is 0 Å². The van der Waals surface area contributed by atoms with Gasteiger partial charge in [-0.1, -0.05) is 18.2 Å². The van der Waals surface area contributed by atoms with E-state index in [0.29, 0.717) is 0 Å². The highest BCUT2D eigenvalue weighted by Gasteiger charge is 2.17. The first-order chi connectivity index (χ1) is 11.2. The van der Waals surface area contributed by atoms with Gasteiger partial charge in [0.1, 0.15) is 5.75 Å². The predicted molar refractivity (Wildman–Crippen MR) is 95.9 cm³/mol. The van der Waals surface area contributed by atoms with Gasteiger partial charge in [0.25, 0.3) is 0 Å². The summed E-state index contributed by atoms with van der Waals surface area (Å²) in [5.74, 6) is 0.841. The van der Waals surface area contributed by atoms with Crippen molar-refractivity contribution in [3.05, 3.63) is 48.5 Å². The van der Waals surface area contributed by atoms with Gasteiger partial charge in [-0.3, -0.25) is 0 Å². The van der Waals surface area contributed by atoms with Crippen LogP contribution in [0, 0.1) is 0 Å². The van der Waals surface area contributed by atoms with Gasteiger partial charge in [0.15, 0.2) is 0 Å². The van der Waals surface area contributed by atoms with E-state index in [4.69, 9.17) is 10.5 Å². The first-order valence-corrected chi connectivity index (χ1v) is 7.76. The van der Waals surface area contributed by atoms with E-state index < -0.39 is 0 Å². The molecule has 2 aromatic carbocycles. The number of aromatic nitrogens is 2. The number of nitrogen functional groups attached to an aromatic ring is 1. The Morgan fingerprint density at radius 3 is 2.70 bits per heavy atom. The van der Waals surface area contributed by atoms with Crippen molar-refractivity contribution in [2.24, 2.45) is 0 Å². The standard InChI is InChI=1S/C19H19N3O/c1-3-22-17-11-13(23-2)8-9-14(17)18(20)19(22)16-10-12-6-4-5-7-15(12)21-16/h4-11,21H,3,20H2,1-2H3. The number of nitrogens with one attached hydrogen (secondary N) is 1. The third-order valence-electron chi connectivity index (χ3n) is 4.41. The van der Waals surface area contributed by atoms with E-state index >= 15 is 0 Å². The molecule has 0 atom stereocenters. The van der Waals surface area contributed by atoms with Crippen molar-refractivity contribution in [1.29, 1.82) is 0 Å². The Kier molecular flexibility index (Phi) is 3.05. The van der Waals surface area contributed by atoms with Gasteiger partial charge in [-0.25, -0.2) is 0 Å². The van der Waals surface area contributed by atoms with E-state index in [0.717, 1.165) is 45.8 Å². The van der Waals surface area contributed by atoms with Crippen LogP contribution < -0.4 is 10.5 Å². The number of methoxy groups -OCH3 is 1. The van der Waals surface area contributed by atoms with Crippen molar-refractivity contribution in [1.82, 2.24) is 9.55 Å². The maximum atomic E-state index is 6.48. The zero-order valence-corrected chi connectivity index (χ0v) is 13.3. The fourth-order valence-corrected chi connectivity index (χ4v) is 3.30. The lowest BCUT2D eigenvalue weighted by Crippen LogP contribution is -1.98. The number of H-pyrrole nitrogens is 1. The van der Waals surface area contributed by atoms with Crippen LogP contribution >= 0.6 is 0 Å². The second-order valence-corrected chi connectivity index (χ2v) is 5.66. The fraction of sp³-hybridized carbons (Fsp3) is 0.158. The van der Waals surface area contributed by atoms with E-state index in [1.54, 1.807) is 7.11 Å². The third kappa shape index (κ3) is 1.99. The van der Waals surface area contributed by atoms with Gasteiger partial charge in [0.2, 0.25) is 0 Å². The van der Waals surface area contributed by atoms with E-state index in [1.807, 2.05) is 30.3 Å². The van der Waals surface area contributed by atoms with Crippen LogP contribution in [0.5, 0.6) is 5.75 Å². The molecule has 0 fully saturated rings. The molecule has 4 heteroatoms. The van der Waals surface area contributed by atoms with Crippen molar-refractivity contribution < 1.29 is 4.74 Å². The minimum absolute atomic E-state index is 0.802. The second-order valence-electron chi connectivity index (χ2n) is 5.66. The Morgan fingerprint density at radius 2 is 1.96 bits per heavy atom. The van der Waals surface area contributed by atoms with Gasteiger partial charge < -0.3 is 20.0 Å². The van der Waals surface area contributed by atoms with Crippen LogP contribution in [0.3, 0.4) is 0 Å². The number of ether oxygens (including phenoxy) is 1. The quantitative estimate of drug-likeness (QED) is 0.589. The van der Waals surface area contributed by atoms with Crippen molar-refractivity contribution >= 4 is 27.5 Å². The molecule has 116 valence electrons. The Balaban J connectivity index is 2.03. The fourth-order valence-electron chi connectivity index (χ4n) is 3.30. The monoisotopic (exact) mass is 305 g/mol. The molecule has 0 unspecified atom stereocenters. The molecule has 0 aliphatic rings. The zero-order valence-electron chi connectivity index (χ0n) is 13.3. The number of rotatable bonds is 3. The lowest BCUT2D eigenvalue weighted by Gasteiger charge is -2.07. The smallest absolute Gasteiger partial charge is 0.120 e. The molecule has 0 saturated carbocycles. The van der Waals surface area contributed by atoms with Gasteiger partial charge in [0, 0.05) is 28.9 Å². The highest BCUT2D eigenvalue weighted by molar-refractivity contribution is 6.02. The number of hydrogen-bond donors (Lipinski definition) is 2. The number of benzene rings is 2. The van der Waals surface area contributed by atoms with Crippen LogP contribution in [0.1, 0.15) is 6.92 Å². The molecule has 2 heterocycles. The minimum atomic E-state index is 0.802. The van der Waals surface area contributed by atoms with Gasteiger partial charge in [-0.15, -0.1) is 0 Å². The van der Waals surface area contributed by atoms with Crippen LogP contribution in [0.4, 0.5) is 5.69 Å². The Morgan fingerprint density at radius 1 is 1.13 bits per heavy atom. The first-order valence-electron chi connectivity index (χ1n) is 7.76. The normalized spacial score (nSPS) is 11.4. The summed E-state index contributed by atoms with van der Waals surface area (Å²) in [5.41, 5.74) is 11.6. The van der Waals surface area contributed by atoms with Gasteiger partial charge in [0.05, 0.1) is 29.7 Å². The average Bonchev–Trinajstić information content (AvgIpc) is 3.12. The number of aromatic amines is 1. The Hall–Kier alpha value is -2.88. The highest BCUT2D eigenvalue weighted by atomic mass is 16.5. The summed E-state index contributed by atoms with van der Waals surface area (Å²) < 4.78 is 7.60. The maximum Gasteiger partial charge on any atom is 0.120 e. The number of anilines is 1. The summed E-state index contributed by atoms with van der Waals surface area (Å²) in [7, 11) is 1.68. The van der Waals surface area contributed by atoms with Crippen molar-refractivity contribution in [2.75, 3.05) is 12.8 Å². The Bertz CT molecular complexity index is 977. The number of hydrogen-bond acceptors (Lipinski definition) is 2. The summed E-state index contributed by atoms with van der Waals surface area (Å²) in [6, 6.07) is 16.4. The summed E-state index contributed by atoms with van der Waals surface area (Å²) >= 11 is 0. The third-order valence-corrected chi connectivity index (χ3v) is 4.41. The molecule has 23 heavy (non-hydrogen) atoms. The minimum Gasteiger partial charge on any atom is -0.497 e. The van der Waals surface area contributed by atoms with Crippen molar-refractivity contribution in [3.63, 3.8) is 0 Å². The van der Waals surface area contributed by atoms with Crippen LogP contribution in [-0.2, 0) is 6.54 Å². The SMILES string of the molecule is CCn1c(-c2cc3ccccc3[nH]2)c(N)c2ccc(OC)cc21. The number of nitrogens with zero attached hydrogens (tertiary/aromatic N) is 1. The number of nitrogens with two attached hydrogens (primary N) is 1. The topological polar surface area (TPSA) is 56.0 Å². The molecular formula is C19H19N3O. The number of para-hydroxylation sites is 1. The molecule has 3 N–H and O–H groups in total. The van der Waals surface area contributed by atoms with Crippen LogP contribution in [0.15, 0.2) is 48.5 Å². The van der Waals surface area contributed by atoms with E-state index in [1.165, 1.54) is 5.39 Å². The van der Waals surface area contributed by atoms with E-state index in [9.17, 15) is 0 Å². The average molecular weight is 305 g/mol. The van der Waals surface area contributed by atoms with Crippen LogP contribution in [-0.4, -0.2) is 16.7 Å². The molecule has 0 spiro atoms. The molecule has 0 aliphatic heterocycles. The summed E-state index contributed by atoms with van der Waals surface area (Å²) in [6.07, 6.45) is 0. The van der Waals surface area contributed by atoms with Crippen molar-refractivity contribution in [3.8, 4) is 17.1 Å². The lowest BCUT2D eigenvalue weighted by molar-refractivity contribution is 0.415. The number of aryl methyl sites for hydroxylation is 1. The molecule has 0 radical (unpaired) electrons. The van der Waals surface area contributed by atoms with Crippen molar-refractivity contribution in [2.45, 2.75) is 13.5 Å². The Labute approximate surface area is 134 Å². The van der Waals surface area contributed by atoms with Gasteiger partial charge >= 0.3 is 0 Å². The van der Waals surface area contributed by atoms with Crippen LogP contribution in [0.2, 0.25) is 0 Å². The summed E-state index contributed by atoms with van der Waals surface area (Å²) in [6.45, 7) is 2.97. The van der Waals surface area contributed by atoms with Gasteiger partial charge in [-0.05, 0) is 31.2 Å². The lowest BCUT2D eigenvalue weighted by atomic mass is 10.2. The zero-order chi connectivity index (χ0) is 16.0. The molecule has 0 aliphatic carbocycles. The largest absolute Gasteiger partial charge is 0.497 e.